The summed E-state index contributed by atoms with van der Waals surface area (Å²) >= 11 is 0. The molecule has 0 atom stereocenters. The highest BCUT2D eigenvalue weighted by atomic mass is 16.1. The van der Waals surface area contributed by atoms with E-state index < -0.39 is 0 Å². The first-order chi connectivity index (χ1) is 7.07. The van der Waals surface area contributed by atoms with Gasteiger partial charge in [-0.05, 0) is 56.0 Å². The molecular formula is C12H18N2O. The largest absolute Gasteiger partial charge is 0.366 e. The van der Waals surface area contributed by atoms with Crippen LogP contribution < -0.4 is 11.5 Å². The van der Waals surface area contributed by atoms with Crippen LogP contribution in [0.2, 0.25) is 0 Å². The molecule has 1 amide bonds. The van der Waals surface area contributed by atoms with E-state index in [1.165, 1.54) is 5.56 Å². The van der Waals surface area contributed by atoms with Gasteiger partial charge in [-0.1, -0.05) is 6.07 Å². The molecule has 0 aliphatic carbocycles. The number of hydrogen-bond acceptors (Lipinski definition) is 2. The van der Waals surface area contributed by atoms with Crippen LogP contribution in [0, 0.1) is 13.8 Å². The normalized spacial score (nSPS) is 10.3. The second-order valence-electron chi connectivity index (χ2n) is 3.78. The van der Waals surface area contributed by atoms with E-state index in [1.54, 1.807) is 6.07 Å². The van der Waals surface area contributed by atoms with Crippen LogP contribution in [0.4, 0.5) is 0 Å². The van der Waals surface area contributed by atoms with Crippen molar-refractivity contribution in [3.63, 3.8) is 0 Å². The minimum Gasteiger partial charge on any atom is -0.366 e. The standard InChI is InChI=1S/C12H18N2O/c1-8-9(2)11(12(14)15)6-5-10(8)4-3-7-13/h5-6H,3-4,7,13H2,1-2H3,(H2,14,15). The average Bonchev–Trinajstić information content (AvgIpc) is 2.20. The third-order valence-electron chi connectivity index (χ3n) is 2.82. The summed E-state index contributed by atoms with van der Waals surface area (Å²) in [7, 11) is 0. The molecule has 15 heavy (non-hydrogen) atoms. The van der Waals surface area contributed by atoms with E-state index in [0.717, 1.165) is 24.0 Å². The van der Waals surface area contributed by atoms with Crippen molar-refractivity contribution in [1.82, 2.24) is 0 Å². The van der Waals surface area contributed by atoms with Gasteiger partial charge in [-0.2, -0.15) is 0 Å². The maximum Gasteiger partial charge on any atom is 0.248 e. The maximum atomic E-state index is 11.1. The molecule has 0 fully saturated rings. The lowest BCUT2D eigenvalue weighted by Gasteiger charge is -2.11. The van der Waals surface area contributed by atoms with Gasteiger partial charge >= 0.3 is 0 Å². The maximum absolute atomic E-state index is 11.1. The molecule has 0 bridgehead atoms. The number of carbonyl (C=O) groups excluding carboxylic acids is 1. The lowest BCUT2D eigenvalue weighted by atomic mass is 9.95. The van der Waals surface area contributed by atoms with Crippen molar-refractivity contribution in [3.05, 3.63) is 34.4 Å². The third kappa shape index (κ3) is 2.57. The lowest BCUT2D eigenvalue weighted by molar-refractivity contribution is 0.0999. The van der Waals surface area contributed by atoms with E-state index in [-0.39, 0.29) is 5.91 Å². The number of rotatable bonds is 4. The Morgan fingerprint density at radius 3 is 2.47 bits per heavy atom. The van der Waals surface area contributed by atoms with Gasteiger partial charge in [-0.3, -0.25) is 4.79 Å². The zero-order valence-electron chi connectivity index (χ0n) is 9.34. The summed E-state index contributed by atoms with van der Waals surface area (Å²) in [5.74, 6) is -0.360. The fraction of sp³-hybridized carbons (Fsp3) is 0.417. The van der Waals surface area contributed by atoms with E-state index in [9.17, 15) is 4.79 Å². The third-order valence-corrected chi connectivity index (χ3v) is 2.82. The molecule has 0 saturated carbocycles. The molecular weight excluding hydrogens is 188 g/mol. The van der Waals surface area contributed by atoms with E-state index in [4.69, 9.17) is 11.5 Å². The van der Waals surface area contributed by atoms with Gasteiger partial charge in [0.05, 0.1) is 0 Å². The topological polar surface area (TPSA) is 69.1 Å². The summed E-state index contributed by atoms with van der Waals surface area (Å²) < 4.78 is 0. The second kappa shape index (κ2) is 4.94. The van der Waals surface area contributed by atoms with Crippen molar-refractivity contribution >= 4 is 5.91 Å². The summed E-state index contributed by atoms with van der Waals surface area (Å²) in [6, 6.07) is 3.77. The Morgan fingerprint density at radius 1 is 1.27 bits per heavy atom. The SMILES string of the molecule is Cc1c(CCCN)ccc(C(N)=O)c1C. The molecule has 0 radical (unpaired) electrons. The van der Waals surface area contributed by atoms with Crippen molar-refractivity contribution in [2.75, 3.05) is 6.54 Å². The van der Waals surface area contributed by atoms with Crippen molar-refractivity contribution < 1.29 is 4.79 Å². The Labute approximate surface area is 90.5 Å². The van der Waals surface area contributed by atoms with Crippen LogP contribution in [0.1, 0.15) is 33.5 Å². The number of benzene rings is 1. The van der Waals surface area contributed by atoms with Gasteiger partial charge in [0.1, 0.15) is 0 Å². The minimum absolute atomic E-state index is 0.360. The summed E-state index contributed by atoms with van der Waals surface area (Å²) in [6.07, 6.45) is 1.93. The number of hydrogen-bond donors (Lipinski definition) is 2. The lowest BCUT2D eigenvalue weighted by Crippen LogP contribution is -2.14. The van der Waals surface area contributed by atoms with E-state index in [0.29, 0.717) is 12.1 Å². The van der Waals surface area contributed by atoms with Crippen LogP contribution in [0.3, 0.4) is 0 Å². The Balaban J connectivity index is 3.04. The number of aryl methyl sites for hydroxylation is 1. The molecule has 0 aliphatic heterocycles. The van der Waals surface area contributed by atoms with Crippen LogP contribution in [0.25, 0.3) is 0 Å². The summed E-state index contributed by atoms with van der Waals surface area (Å²) in [5, 5.41) is 0. The molecule has 0 aromatic heterocycles. The van der Waals surface area contributed by atoms with E-state index >= 15 is 0 Å². The molecule has 0 heterocycles. The summed E-state index contributed by atoms with van der Waals surface area (Å²) in [4.78, 5) is 11.1. The molecule has 1 rings (SSSR count). The highest BCUT2D eigenvalue weighted by molar-refractivity contribution is 5.94. The minimum atomic E-state index is -0.360. The predicted octanol–water partition coefficient (Wildman–Crippen LogP) is 1.29. The molecule has 3 nitrogen and oxygen atoms in total. The molecule has 3 heteroatoms. The Hall–Kier alpha value is -1.35. The highest BCUT2D eigenvalue weighted by Crippen LogP contribution is 2.18. The van der Waals surface area contributed by atoms with Crippen molar-refractivity contribution in [1.29, 1.82) is 0 Å². The number of nitrogens with two attached hydrogens (primary N) is 2. The first kappa shape index (κ1) is 11.7. The first-order valence-electron chi connectivity index (χ1n) is 5.17. The smallest absolute Gasteiger partial charge is 0.248 e. The Bertz CT molecular complexity index is 372. The molecule has 0 unspecified atom stereocenters. The molecule has 0 saturated heterocycles. The van der Waals surface area contributed by atoms with Crippen LogP contribution in [-0.4, -0.2) is 12.5 Å². The van der Waals surface area contributed by atoms with Gasteiger partial charge < -0.3 is 11.5 Å². The molecule has 0 aliphatic rings. The quantitative estimate of drug-likeness (QED) is 0.779. The van der Waals surface area contributed by atoms with Gasteiger partial charge in [-0.25, -0.2) is 0 Å². The van der Waals surface area contributed by atoms with Gasteiger partial charge in [0, 0.05) is 5.56 Å². The summed E-state index contributed by atoms with van der Waals surface area (Å²) in [6.45, 7) is 4.64. The fourth-order valence-corrected chi connectivity index (χ4v) is 1.71. The molecule has 0 spiro atoms. The first-order valence-corrected chi connectivity index (χ1v) is 5.17. The van der Waals surface area contributed by atoms with Gasteiger partial charge in [-0.15, -0.1) is 0 Å². The zero-order chi connectivity index (χ0) is 11.4. The highest BCUT2D eigenvalue weighted by Gasteiger charge is 2.09. The molecule has 1 aromatic carbocycles. The fourth-order valence-electron chi connectivity index (χ4n) is 1.71. The number of primary amides is 1. The summed E-state index contributed by atoms with van der Waals surface area (Å²) in [5.41, 5.74) is 14.7. The zero-order valence-corrected chi connectivity index (χ0v) is 9.34. The van der Waals surface area contributed by atoms with Gasteiger partial charge in [0.2, 0.25) is 5.91 Å². The van der Waals surface area contributed by atoms with Crippen molar-refractivity contribution in [3.8, 4) is 0 Å². The van der Waals surface area contributed by atoms with E-state index in [1.807, 2.05) is 19.9 Å². The van der Waals surface area contributed by atoms with Crippen molar-refractivity contribution in [2.45, 2.75) is 26.7 Å². The van der Waals surface area contributed by atoms with E-state index in [2.05, 4.69) is 0 Å². The monoisotopic (exact) mass is 206 g/mol. The predicted molar refractivity (Wildman–Crippen MR) is 61.8 cm³/mol. The molecule has 4 N–H and O–H groups in total. The number of amides is 1. The van der Waals surface area contributed by atoms with Crippen LogP contribution in [-0.2, 0) is 6.42 Å². The molecule has 82 valence electrons. The van der Waals surface area contributed by atoms with Crippen LogP contribution >= 0.6 is 0 Å². The Morgan fingerprint density at radius 2 is 1.93 bits per heavy atom. The number of carbonyl (C=O) groups is 1. The van der Waals surface area contributed by atoms with Gasteiger partial charge in [0.25, 0.3) is 0 Å². The average molecular weight is 206 g/mol. The second-order valence-corrected chi connectivity index (χ2v) is 3.78. The van der Waals surface area contributed by atoms with Crippen molar-refractivity contribution in [2.24, 2.45) is 11.5 Å². The van der Waals surface area contributed by atoms with Crippen LogP contribution in [0.15, 0.2) is 12.1 Å². The van der Waals surface area contributed by atoms with Crippen LogP contribution in [0.5, 0.6) is 0 Å². The van der Waals surface area contributed by atoms with Gasteiger partial charge in [0.15, 0.2) is 0 Å². The Kier molecular flexibility index (Phi) is 3.86. The molecule has 1 aromatic rings.